The summed E-state index contributed by atoms with van der Waals surface area (Å²) in [5.41, 5.74) is -0.146. The highest BCUT2D eigenvalue weighted by atomic mass is 19.1. The van der Waals surface area contributed by atoms with Crippen molar-refractivity contribution in [1.82, 2.24) is 0 Å². The molecule has 0 amide bonds. The minimum absolute atomic E-state index is 0.0610. The van der Waals surface area contributed by atoms with Gasteiger partial charge in [0.1, 0.15) is 11.9 Å². The topological polar surface area (TPSA) is 72.7 Å². The van der Waals surface area contributed by atoms with Crippen LogP contribution in [-0.2, 0) is 9.53 Å². The first-order chi connectivity index (χ1) is 8.54. The lowest BCUT2D eigenvalue weighted by Crippen LogP contribution is -2.53. The van der Waals surface area contributed by atoms with Gasteiger partial charge in [-0.3, -0.25) is 10.1 Å². The minimum atomic E-state index is -0.601. The number of hydrogen-bond acceptors (Lipinski definition) is 5. The quantitative estimate of drug-likeness (QED) is 0.464. The Hall–Kier alpha value is -2.18. The molecule has 1 aromatic carbocycles. The summed E-state index contributed by atoms with van der Waals surface area (Å²) in [4.78, 5) is 22.9. The van der Waals surface area contributed by atoms with Crippen LogP contribution in [0.2, 0.25) is 0 Å². The molecule has 1 fully saturated rings. The van der Waals surface area contributed by atoms with Crippen LogP contribution in [0.25, 0.3) is 0 Å². The van der Waals surface area contributed by atoms with Crippen LogP contribution in [0.15, 0.2) is 18.2 Å². The summed E-state index contributed by atoms with van der Waals surface area (Å²) in [5, 5.41) is 10.6. The summed E-state index contributed by atoms with van der Waals surface area (Å²) in [6.45, 7) is 0.470. The van der Waals surface area contributed by atoms with Crippen LogP contribution in [0.4, 0.5) is 15.8 Å². The van der Waals surface area contributed by atoms with Gasteiger partial charge in [0.15, 0.2) is 0 Å². The van der Waals surface area contributed by atoms with Crippen molar-refractivity contribution in [3.8, 4) is 0 Å². The van der Waals surface area contributed by atoms with Crippen LogP contribution < -0.4 is 4.90 Å². The second-order valence-electron chi connectivity index (χ2n) is 3.91. The van der Waals surface area contributed by atoms with Gasteiger partial charge in [-0.05, 0) is 12.5 Å². The molecular formula is C11H11FN2O4. The Morgan fingerprint density at radius 3 is 2.83 bits per heavy atom. The van der Waals surface area contributed by atoms with Crippen molar-refractivity contribution >= 4 is 17.3 Å². The highest BCUT2D eigenvalue weighted by Gasteiger charge is 2.37. The third kappa shape index (κ3) is 1.99. The van der Waals surface area contributed by atoms with E-state index in [0.717, 1.165) is 18.2 Å². The van der Waals surface area contributed by atoms with Gasteiger partial charge in [-0.1, -0.05) is 0 Å². The predicted octanol–water partition coefficient (Wildman–Crippen LogP) is 1.49. The predicted molar refractivity (Wildman–Crippen MR) is 60.8 cm³/mol. The molecular weight excluding hydrogens is 243 g/mol. The number of carbonyl (C=O) groups is 1. The summed E-state index contributed by atoms with van der Waals surface area (Å²) in [7, 11) is 1.25. The van der Waals surface area contributed by atoms with Crippen LogP contribution in [-0.4, -0.2) is 30.6 Å². The molecule has 0 radical (unpaired) electrons. The number of methoxy groups -OCH3 is 1. The molecule has 6 nitrogen and oxygen atoms in total. The monoisotopic (exact) mass is 254 g/mol. The second-order valence-corrected chi connectivity index (χ2v) is 3.91. The number of nitro benzene ring substituents is 1. The van der Waals surface area contributed by atoms with Gasteiger partial charge in [0.05, 0.1) is 17.7 Å². The molecule has 0 spiro atoms. The fourth-order valence-corrected chi connectivity index (χ4v) is 1.89. The summed E-state index contributed by atoms with van der Waals surface area (Å²) < 4.78 is 18.2. The highest BCUT2D eigenvalue weighted by molar-refractivity contribution is 5.82. The van der Waals surface area contributed by atoms with Gasteiger partial charge in [-0.25, -0.2) is 9.18 Å². The molecule has 1 aliphatic heterocycles. The van der Waals surface area contributed by atoms with Gasteiger partial charge in [0.25, 0.3) is 5.69 Å². The van der Waals surface area contributed by atoms with Gasteiger partial charge < -0.3 is 9.64 Å². The molecule has 0 aromatic heterocycles. The van der Waals surface area contributed by atoms with Crippen molar-refractivity contribution < 1.29 is 18.8 Å². The Bertz CT molecular complexity index is 506. The molecule has 7 heteroatoms. The standard InChI is InChI=1S/C11H11FN2O4/c1-18-11(15)9-4-5-13(9)10-6-7(14(16)17)2-3-8(10)12/h2-3,6,9H,4-5H2,1H3. The van der Waals surface area contributed by atoms with E-state index in [1.165, 1.54) is 12.0 Å². The summed E-state index contributed by atoms with van der Waals surface area (Å²) >= 11 is 0. The molecule has 1 heterocycles. The Balaban J connectivity index is 2.30. The van der Waals surface area contributed by atoms with Gasteiger partial charge in [-0.15, -0.1) is 0 Å². The number of benzene rings is 1. The van der Waals surface area contributed by atoms with Gasteiger partial charge >= 0.3 is 5.97 Å². The molecule has 1 aliphatic rings. The van der Waals surface area contributed by atoms with Crippen molar-refractivity contribution in [2.75, 3.05) is 18.6 Å². The second kappa shape index (κ2) is 4.59. The summed E-state index contributed by atoms with van der Waals surface area (Å²) in [5.74, 6) is -1.05. The molecule has 0 N–H and O–H groups in total. The molecule has 1 aromatic rings. The van der Waals surface area contributed by atoms with Crippen molar-refractivity contribution in [1.29, 1.82) is 0 Å². The van der Waals surface area contributed by atoms with Crippen LogP contribution in [0.3, 0.4) is 0 Å². The van der Waals surface area contributed by atoms with E-state index in [0.29, 0.717) is 13.0 Å². The zero-order valence-electron chi connectivity index (χ0n) is 9.63. The van der Waals surface area contributed by atoms with Crippen molar-refractivity contribution in [3.05, 3.63) is 34.1 Å². The first-order valence-corrected chi connectivity index (χ1v) is 5.33. The first-order valence-electron chi connectivity index (χ1n) is 5.33. The number of hydrogen-bond donors (Lipinski definition) is 0. The molecule has 0 bridgehead atoms. The number of anilines is 1. The maximum absolute atomic E-state index is 13.6. The zero-order chi connectivity index (χ0) is 13.3. The minimum Gasteiger partial charge on any atom is -0.467 e. The third-order valence-corrected chi connectivity index (χ3v) is 2.94. The molecule has 0 aliphatic carbocycles. The van der Waals surface area contributed by atoms with E-state index in [-0.39, 0.29) is 11.4 Å². The van der Waals surface area contributed by atoms with Crippen molar-refractivity contribution in [2.24, 2.45) is 0 Å². The fraction of sp³-hybridized carbons (Fsp3) is 0.364. The normalized spacial score (nSPS) is 18.1. The largest absolute Gasteiger partial charge is 0.467 e. The maximum atomic E-state index is 13.6. The number of carbonyl (C=O) groups excluding carboxylic acids is 1. The Morgan fingerprint density at radius 2 is 2.33 bits per heavy atom. The summed E-state index contributed by atoms with van der Waals surface area (Å²) in [6, 6.07) is 2.68. The van der Waals surface area contributed by atoms with E-state index < -0.39 is 22.8 Å². The van der Waals surface area contributed by atoms with Crippen LogP contribution >= 0.6 is 0 Å². The number of nitrogens with zero attached hydrogens (tertiary/aromatic N) is 2. The Kier molecular flexibility index (Phi) is 3.14. The van der Waals surface area contributed by atoms with Crippen LogP contribution in [0.5, 0.6) is 0 Å². The van der Waals surface area contributed by atoms with Gasteiger partial charge in [-0.2, -0.15) is 0 Å². The van der Waals surface area contributed by atoms with E-state index in [1.807, 2.05) is 0 Å². The zero-order valence-corrected chi connectivity index (χ0v) is 9.63. The van der Waals surface area contributed by atoms with E-state index in [9.17, 15) is 19.3 Å². The number of rotatable bonds is 3. The first kappa shape index (κ1) is 12.3. The number of ether oxygens (including phenoxy) is 1. The van der Waals surface area contributed by atoms with E-state index in [4.69, 9.17) is 0 Å². The molecule has 1 unspecified atom stereocenters. The number of nitro groups is 1. The molecule has 0 saturated carbocycles. The lowest BCUT2D eigenvalue weighted by molar-refractivity contribution is -0.384. The van der Waals surface area contributed by atoms with E-state index in [2.05, 4.69) is 4.74 Å². The molecule has 96 valence electrons. The smallest absolute Gasteiger partial charge is 0.328 e. The molecule has 1 saturated heterocycles. The van der Waals surface area contributed by atoms with Gasteiger partial charge in [0, 0.05) is 18.7 Å². The third-order valence-electron chi connectivity index (χ3n) is 2.94. The summed E-state index contributed by atoms with van der Waals surface area (Å²) in [6.07, 6.45) is 0.550. The van der Waals surface area contributed by atoms with E-state index in [1.54, 1.807) is 0 Å². The lowest BCUT2D eigenvalue weighted by atomic mass is 10.0. The Labute approximate surface area is 102 Å². The Morgan fingerprint density at radius 1 is 1.61 bits per heavy atom. The average Bonchev–Trinajstić information content (AvgIpc) is 2.30. The average molecular weight is 254 g/mol. The fourth-order valence-electron chi connectivity index (χ4n) is 1.89. The van der Waals surface area contributed by atoms with Crippen LogP contribution in [0.1, 0.15) is 6.42 Å². The number of non-ortho nitro benzene ring substituents is 1. The van der Waals surface area contributed by atoms with Crippen LogP contribution in [0, 0.1) is 15.9 Å². The van der Waals surface area contributed by atoms with E-state index >= 15 is 0 Å². The SMILES string of the molecule is COC(=O)C1CCN1c1cc([N+](=O)[O-])ccc1F. The molecule has 2 rings (SSSR count). The maximum Gasteiger partial charge on any atom is 0.328 e. The van der Waals surface area contributed by atoms with Crippen molar-refractivity contribution in [2.45, 2.75) is 12.5 Å². The number of halogens is 1. The highest BCUT2D eigenvalue weighted by Crippen LogP contribution is 2.32. The van der Waals surface area contributed by atoms with Gasteiger partial charge in [0.2, 0.25) is 0 Å². The lowest BCUT2D eigenvalue weighted by Gasteiger charge is -2.40. The number of esters is 1. The molecule has 1 atom stereocenters. The molecule has 18 heavy (non-hydrogen) atoms. The van der Waals surface area contributed by atoms with Crippen molar-refractivity contribution in [3.63, 3.8) is 0 Å².